The predicted molar refractivity (Wildman–Crippen MR) is 137 cm³/mol. The van der Waals surface area contributed by atoms with Crippen molar-refractivity contribution in [3.05, 3.63) is 96.7 Å². The van der Waals surface area contributed by atoms with Gasteiger partial charge in [-0.2, -0.15) is 9.78 Å². The van der Waals surface area contributed by atoms with Gasteiger partial charge in [-0.25, -0.2) is 9.37 Å². The van der Waals surface area contributed by atoms with E-state index in [9.17, 15) is 9.18 Å². The molecule has 0 saturated heterocycles. The fourth-order valence-corrected chi connectivity index (χ4v) is 4.12. The van der Waals surface area contributed by atoms with Gasteiger partial charge in [-0.3, -0.25) is 4.79 Å². The third-order valence-electron chi connectivity index (χ3n) is 4.93. The molecule has 174 valence electrons. The van der Waals surface area contributed by atoms with Crippen molar-refractivity contribution >= 4 is 49.0 Å². The van der Waals surface area contributed by atoms with Gasteiger partial charge >= 0.3 is 0 Å². The summed E-state index contributed by atoms with van der Waals surface area (Å²) >= 11 is 6.92. The molecule has 0 atom stereocenters. The lowest BCUT2D eigenvalue weighted by atomic mass is 10.2. The molecule has 0 saturated carbocycles. The minimum absolute atomic E-state index is 0.185. The first-order valence-electron chi connectivity index (χ1n) is 10.4. The van der Waals surface area contributed by atoms with Gasteiger partial charge in [0.25, 0.3) is 5.56 Å². The van der Waals surface area contributed by atoms with Crippen molar-refractivity contribution in [3.63, 3.8) is 0 Å². The van der Waals surface area contributed by atoms with Crippen LogP contribution in [-0.4, -0.2) is 22.5 Å². The highest BCUT2D eigenvalue weighted by Crippen LogP contribution is 2.34. The first-order chi connectivity index (χ1) is 16.4. The lowest BCUT2D eigenvalue weighted by Gasteiger charge is -2.14. The van der Waals surface area contributed by atoms with Crippen molar-refractivity contribution in [1.82, 2.24) is 9.66 Å². The first kappa shape index (κ1) is 24.1. The molecule has 6 nitrogen and oxygen atoms in total. The molecule has 1 heterocycles. The Morgan fingerprint density at radius 2 is 1.88 bits per heavy atom. The van der Waals surface area contributed by atoms with Crippen molar-refractivity contribution in [2.24, 2.45) is 5.10 Å². The van der Waals surface area contributed by atoms with Crippen LogP contribution in [0.4, 0.5) is 4.39 Å². The van der Waals surface area contributed by atoms with Crippen molar-refractivity contribution in [2.45, 2.75) is 20.5 Å². The number of hydrogen-bond donors (Lipinski definition) is 0. The summed E-state index contributed by atoms with van der Waals surface area (Å²) in [5.74, 6) is 1.15. The zero-order valence-electron chi connectivity index (χ0n) is 18.4. The lowest BCUT2D eigenvalue weighted by molar-refractivity contribution is 0.269. The molecule has 0 unspecified atom stereocenters. The van der Waals surface area contributed by atoms with Gasteiger partial charge in [0.1, 0.15) is 18.2 Å². The number of aromatic nitrogens is 2. The molecule has 0 radical (unpaired) electrons. The first-order valence-corrected chi connectivity index (χ1v) is 12.0. The Morgan fingerprint density at radius 1 is 1.09 bits per heavy atom. The van der Waals surface area contributed by atoms with Gasteiger partial charge in [0.05, 0.1) is 23.7 Å². The van der Waals surface area contributed by atoms with Crippen molar-refractivity contribution < 1.29 is 13.9 Å². The van der Waals surface area contributed by atoms with Crippen LogP contribution in [0.25, 0.3) is 10.9 Å². The van der Waals surface area contributed by atoms with Gasteiger partial charge in [-0.15, -0.1) is 0 Å². The molecule has 0 amide bonds. The molecule has 0 aliphatic rings. The molecule has 0 aliphatic carbocycles. The zero-order valence-corrected chi connectivity index (χ0v) is 21.6. The summed E-state index contributed by atoms with van der Waals surface area (Å²) in [5, 5.41) is 4.85. The van der Waals surface area contributed by atoms with Gasteiger partial charge in [0.15, 0.2) is 11.5 Å². The number of ether oxygens (including phenoxy) is 2. The maximum absolute atomic E-state index is 13.5. The number of aryl methyl sites for hydroxylation is 1. The summed E-state index contributed by atoms with van der Waals surface area (Å²) in [5.41, 5.74) is 1.73. The second kappa shape index (κ2) is 10.5. The SMILES string of the molecule is CCOc1cc(C=Nn2c(C)nc3ccc(Br)cc3c2=O)c(Br)cc1OCc1cccc(F)c1. The maximum Gasteiger partial charge on any atom is 0.282 e. The Kier molecular flexibility index (Phi) is 7.43. The van der Waals surface area contributed by atoms with Crippen LogP contribution in [0, 0.1) is 12.7 Å². The van der Waals surface area contributed by atoms with Gasteiger partial charge in [0.2, 0.25) is 0 Å². The van der Waals surface area contributed by atoms with Crippen LogP contribution in [0.1, 0.15) is 23.9 Å². The summed E-state index contributed by atoms with van der Waals surface area (Å²) in [6.45, 7) is 4.21. The Bertz CT molecular complexity index is 1450. The van der Waals surface area contributed by atoms with E-state index in [0.717, 1.165) is 4.47 Å². The molecular formula is C25H20Br2FN3O3. The Morgan fingerprint density at radius 3 is 2.65 bits per heavy atom. The summed E-state index contributed by atoms with van der Waals surface area (Å²) in [7, 11) is 0. The van der Waals surface area contributed by atoms with E-state index in [1.54, 1.807) is 49.5 Å². The quantitative estimate of drug-likeness (QED) is 0.240. The Balaban J connectivity index is 1.66. The summed E-state index contributed by atoms with van der Waals surface area (Å²) in [4.78, 5) is 17.5. The fourth-order valence-electron chi connectivity index (χ4n) is 3.33. The largest absolute Gasteiger partial charge is 0.490 e. The second-order valence-corrected chi connectivity index (χ2v) is 9.12. The van der Waals surface area contributed by atoms with Crippen LogP contribution in [-0.2, 0) is 6.61 Å². The molecule has 0 aliphatic heterocycles. The summed E-state index contributed by atoms with van der Waals surface area (Å²) < 4.78 is 27.8. The van der Waals surface area contributed by atoms with Gasteiger partial charge in [-0.05, 0) is 77.8 Å². The van der Waals surface area contributed by atoms with Crippen molar-refractivity contribution in [2.75, 3.05) is 6.61 Å². The van der Waals surface area contributed by atoms with Crippen molar-refractivity contribution in [3.8, 4) is 11.5 Å². The van der Waals surface area contributed by atoms with E-state index in [0.29, 0.717) is 50.4 Å². The van der Waals surface area contributed by atoms with Crippen LogP contribution in [0.2, 0.25) is 0 Å². The molecule has 0 fully saturated rings. The van der Waals surface area contributed by atoms with Crippen LogP contribution < -0.4 is 15.0 Å². The van der Waals surface area contributed by atoms with Crippen LogP contribution in [0.15, 0.2) is 73.4 Å². The average molecular weight is 589 g/mol. The van der Waals surface area contributed by atoms with Gasteiger partial charge in [-0.1, -0.05) is 28.1 Å². The molecular weight excluding hydrogens is 569 g/mol. The number of halogens is 3. The number of rotatable bonds is 7. The van der Waals surface area contributed by atoms with E-state index >= 15 is 0 Å². The van der Waals surface area contributed by atoms with Crippen LogP contribution in [0.3, 0.4) is 0 Å². The third kappa shape index (κ3) is 5.37. The summed E-state index contributed by atoms with van der Waals surface area (Å²) in [6, 6.07) is 15.1. The monoisotopic (exact) mass is 587 g/mol. The predicted octanol–water partition coefficient (Wildman–Crippen LogP) is 6.23. The summed E-state index contributed by atoms with van der Waals surface area (Å²) in [6.07, 6.45) is 1.56. The second-order valence-electron chi connectivity index (χ2n) is 7.35. The standard InChI is InChI=1S/C25H20Br2FN3O3/c1-3-33-23-10-17(21(27)12-24(23)34-14-16-5-4-6-19(28)9-16)13-29-31-15(2)30-22-8-7-18(26)11-20(22)25(31)32/h4-13H,3,14H2,1-2H3. The molecule has 0 N–H and O–H groups in total. The molecule has 4 rings (SSSR count). The van der Waals surface area contributed by atoms with Gasteiger partial charge < -0.3 is 9.47 Å². The van der Waals surface area contributed by atoms with Gasteiger partial charge in [0, 0.05) is 14.5 Å². The zero-order chi connectivity index (χ0) is 24.2. The van der Waals surface area contributed by atoms with Crippen LogP contribution in [0.5, 0.6) is 11.5 Å². The Hall–Kier alpha value is -3.04. The van der Waals surface area contributed by atoms with Crippen LogP contribution >= 0.6 is 31.9 Å². The molecule has 0 bridgehead atoms. The smallest absolute Gasteiger partial charge is 0.282 e. The topological polar surface area (TPSA) is 65.7 Å². The minimum atomic E-state index is -0.319. The highest BCUT2D eigenvalue weighted by atomic mass is 79.9. The van der Waals surface area contributed by atoms with Crippen molar-refractivity contribution in [1.29, 1.82) is 0 Å². The van der Waals surface area contributed by atoms with E-state index in [-0.39, 0.29) is 18.0 Å². The minimum Gasteiger partial charge on any atom is -0.490 e. The normalized spacial score (nSPS) is 11.3. The molecule has 9 heteroatoms. The lowest BCUT2D eigenvalue weighted by Crippen LogP contribution is -2.20. The van der Waals surface area contributed by atoms with E-state index in [2.05, 4.69) is 41.9 Å². The highest BCUT2D eigenvalue weighted by molar-refractivity contribution is 9.10. The highest BCUT2D eigenvalue weighted by Gasteiger charge is 2.12. The number of fused-ring (bicyclic) bond motifs is 1. The van der Waals surface area contributed by atoms with E-state index in [4.69, 9.17) is 9.47 Å². The average Bonchev–Trinajstić information content (AvgIpc) is 2.80. The Labute approximate surface area is 212 Å². The van der Waals surface area contributed by atoms with E-state index in [1.165, 1.54) is 16.8 Å². The maximum atomic E-state index is 13.5. The fraction of sp³-hybridized carbons (Fsp3) is 0.160. The molecule has 4 aromatic rings. The molecule has 3 aromatic carbocycles. The van der Waals surface area contributed by atoms with E-state index < -0.39 is 0 Å². The third-order valence-corrected chi connectivity index (χ3v) is 6.11. The molecule has 0 spiro atoms. The number of hydrogen-bond acceptors (Lipinski definition) is 5. The van der Waals surface area contributed by atoms with E-state index in [1.807, 2.05) is 13.0 Å². The number of nitrogens with zero attached hydrogens (tertiary/aromatic N) is 3. The molecule has 34 heavy (non-hydrogen) atoms. The number of benzene rings is 3. The molecule has 1 aromatic heterocycles.